The number of benzene rings is 1. The summed E-state index contributed by atoms with van der Waals surface area (Å²) in [6, 6.07) is 8.85. The first-order chi connectivity index (χ1) is 6.33. The number of piperidine rings is 1. The first-order valence-electron chi connectivity index (χ1n) is 5.10. The van der Waals surface area contributed by atoms with Crippen LogP contribution in [0.2, 0.25) is 0 Å². The highest BCUT2D eigenvalue weighted by Crippen LogP contribution is 2.56. The Morgan fingerprint density at radius 2 is 2.23 bits per heavy atom. The molecule has 1 N–H and O–H groups in total. The van der Waals surface area contributed by atoms with Crippen LogP contribution >= 0.6 is 0 Å². The zero-order valence-corrected chi connectivity index (χ0v) is 8.01. The summed E-state index contributed by atoms with van der Waals surface area (Å²) in [6.45, 7) is 4.66. The van der Waals surface area contributed by atoms with E-state index in [1.54, 1.807) is 5.56 Å². The van der Waals surface area contributed by atoms with Crippen molar-refractivity contribution >= 4 is 0 Å². The van der Waals surface area contributed by atoms with Gasteiger partial charge >= 0.3 is 0 Å². The molecular formula is C12H15N. The molecule has 1 aliphatic carbocycles. The molecule has 2 atom stereocenters. The fourth-order valence-corrected chi connectivity index (χ4v) is 2.89. The third-order valence-corrected chi connectivity index (χ3v) is 3.74. The number of hydrogen-bond donors (Lipinski definition) is 1. The van der Waals surface area contributed by atoms with Gasteiger partial charge in [-0.1, -0.05) is 24.3 Å². The van der Waals surface area contributed by atoms with Crippen molar-refractivity contribution in [3.63, 3.8) is 0 Å². The first-order valence-corrected chi connectivity index (χ1v) is 5.10. The van der Waals surface area contributed by atoms with Crippen LogP contribution in [0.1, 0.15) is 17.5 Å². The molecule has 2 fully saturated rings. The highest BCUT2D eigenvalue weighted by molar-refractivity contribution is 5.41. The van der Waals surface area contributed by atoms with Crippen LogP contribution in [-0.2, 0) is 5.41 Å². The van der Waals surface area contributed by atoms with Crippen molar-refractivity contribution in [2.45, 2.75) is 18.8 Å². The minimum atomic E-state index is 0.533. The highest BCUT2D eigenvalue weighted by Gasteiger charge is 2.58. The molecule has 1 nitrogen and oxygen atoms in total. The van der Waals surface area contributed by atoms with Gasteiger partial charge in [-0.25, -0.2) is 0 Å². The van der Waals surface area contributed by atoms with E-state index in [0.29, 0.717) is 5.41 Å². The molecule has 3 rings (SSSR count). The van der Waals surface area contributed by atoms with Gasteiger partial charge in [0, 0.05) is 12.0 Å². The number of fused-ring (bicyclic) bond motifs is 1. The van der Waals surface area contributed by atoms with Gasteiger partial charge in [0.05, 0.1) is 0 Å². The fraction of sp³-hybridized carbons (Fsp3) is 0.500. The third-order valence-electron chi connectivity index (χ3n) is 3.74. The molecule has 1 aromatic carbocycles. The lowest BCUT2D eigenvalue weighted by molar-refractivity contribution is 0.672. The molecular weight excluding hydrogens is 158 g/mol. The second-order valence-corrected chi connectivity index (χ2v) is 4.50. The molecule has 0 aromatic heterocycles. The van der Waals surface area contributed by atoms with Crippen LogP contribution in [-0.4, -0.2) is 13.1 Å². The van der Waals surface area contributed by atoms with E-state index in [9.17, 15) is 0 Å². The summed E-state index contributed by atoms with van der Waals surface area (Å²) in [7, 11) is 0. The Morgan fingerprint density at radius 1 is 1.38 bits per heavy atom. The van der Waals surface area contributed by atoms with E-state index in [1.165, 1.54) is 25.1 Å². The summed E-state index contributed by atoms with van der Waals surface area (Å²) >= 11 is 0. The average molecular weight is 173 g/mol. The van der Waals surface area contributed by atoms with Crippen LogP contribution in [0.3, 0.4) is 0 Å². The smallest absolute Gasteiger partial charge is 0.0124 e. The zero-order chi connectivity index (χ0) is 8.89. The molecule has 13 heavy (non-hydrogen) atoms. The van der Waals surface area contributed by atoms with Gasteiger partial charge in [0.25, 0.3) is 0 Å². The van der Waals surface area contributed by atoms with Crippen LogP contribution in [0, 0.1) is 12.8 Å². The van der Waals surface area contributed by atoms with Gasteiger partial charge in [0.2, 0.25) is 0 Å². The first kappa shape index (κ1) is 7.57. The van der Waals surface area contributed by atoms with Gasteiger partial charge in [-0.05, 0) is 36.9 Å². The highest BCUT2D eigenvalue weighted by atomic mass is 15.0. The molecule has 0 bridgehead atoms. The standard InChI is InChI=1S/C12H15N/c1-9-4-2-3-5-11(9)12-6-10(12)7-13-8-12/h2-5,10,13H,6-8H2,1H3/t10-,12+/m0/s1. The van der Waals surface area contributed by atoms with E-state index in [-0.39, 0.29) is 0 Å². The maximum atomic E-state index is 3.49. The van der Waals surface area contributed by atoms with E-state index in [0.717, 1.165) is 5.92 Å². The lowest BCUT2D eigenvalue weighted by atomic mass is 9.91. The van der Waals surface area contributed by atoms with E-state index in [4.69, 9.17) is 0 Å². The van der Waals surface area contributed by atoms with Crippen LogP contribution in [0.25, 0.3) is 0 Å². The van der Waals surface area contributed by atoms with E-state index in [2.05, 4.69) is 36.5 Å². The molecule has 0 radical (unpaired) electrons. The molecule has 1 heteroatoms. The lowest BCUT2D eigenvalue weighted by Gasteiger charge is -2.14. The summed E-state index contributed by atoms with van der Waals surface area (Å²) in [4.78, 5) is 0. The number of aryl methyl sites for hydroxylation is 1. The van der Waals surface area contributed by atoms with Gasteiger partial charge in [-0.15, -0.1) is 0 Å². The normalized spacial score (nSPS) is 35.9. The lowest BCUT2D eigenvalue weighted by Crippen LogP contribution is -2.19. The molecule has 0 unspecified atom stereocenters. The van der Waals surface area contributed by atoms with Crippen molar-refractivity contribution in [1.29, 1.82) is 0 Å². The number of hydrogen-bond acceptors (Lipinski definition) is 1. The largest absolute Gasteiger partial charge is 0.316 e. The molecule has 1 saturated heterocycles. The van der Waals surface area contributed by atoms with Crippen molar-refractivity contribution in [2.75, 3.05) is 13.1 Å². The van der Waals surface area contributed by atoms with Crippen LogP contribution in [0.4, 0.5) is 0 Å². The van der Waals surface area contributed by atoms with Gasteiger partial charge in [0.1, 0.15) is 0 Å². The van der Waals surface area contributed by atoms with Crippen LogP contribution in [0.5, 0.6) is 0 Å². The predicted octanol–water partition coefficient (Wildman–Crippen LogP) is 1.86. The number of nitrogens with one attached hydrogen (secondary N) is 1. The van der Waals surface area contributed by atoms with Gasteiger partial charge in [0.15, 0.2) is 0 Å². The Bertz CT molecular complexity index is 345. The summed E-state index contributed by atoms with van der Waals surface area (Å²) in [5.74, 6) is 0.925. The topological polar surface area (TPSA) is 12.0 Å². The van der Waals surface area contributed by atoms with E-state index >= 15 is 0 Å². The molecule has 1 saturated carbocycles. The average Bonchev–Trinajstić information content (AvgIpc) is 2.70. The Balaban J connectivity index is 2.06. The second kappa shape index (κ2) is 2.36. The molecule has 1 aromatic rings. The van der Waals surface area contributed by atoms with Crippen molar-refractivity contribution in [1.82, 2.24) is 5.32 Å². The summed E-state index contributed by atoms with van der Waals surface area (Å²) < 4.78 is 0. The van der Waals surface area contributed by atoms with Gasteiger partial charge in [-0.2, -0.15) is 0 Å². The zero-order valence-electron chi connectivity index (χ0n) is 8.01. The van der Waals surface area contributed by atoms with Gasteiger partial charge < -0.3 is 5.32 Å². The van der Waals surface area contributed by atoms with Crippen molar-refractivity contribution in [2.24, 2.45) is 5.92 Å². The molecule has 1 aliphatic heterocycles. The van der Waals surface area contributed by atoms with E-state index in [1.807, 2.05) is 0 Å². The van der Waals surface area contributed by atoms with E-state index < -0.39 is 0 Å². The maximum Gasteiger partial charge on any atom is 0.0124 e. The molecule has 68 valence electrons. The van der Waals surface area contributed by atoms with Gasteiger partial charge in [-0.3, -0.25) is 0 Å². The molecule has 1 heterocycles. The summed E-state index contributed by atoms with van der Waals surface area (Å²) in [5.41, 5.74) is 3.59. The quantitative estimate of drug-likeness (QED) is 0.683. The third kappa shape index (κ3) is 0.910. The second-order valence-electron chi connectivity index (χ2n) is 4.50. The molecule has 0 spiro atoms. The Morgan fingerprint density at radius 3 is 2.85 bits per heavy atom. The molecule has 0 amide bonds. The van der Waals surface area contributed by atoms with Crippen LogP contribution in [0.15, 0.2) is 24.3 Å². The van der Waals surface area contributed by atoms with Crippen LogP contribution < -0.4 is 5.32 Å². The Labute approximate surface area is 79.2 Å². The van der Waals surface area contributed by atoms with Crippen molar-refractivity contribution < 1.29 is 0 Å². The maximum absolute atomic E-state index is 3.49. The minimum absolute atomic E-state index is 0.533. The Hall–Kier alpha value is -0.820. The molecule has 2 aliphatic rings. The monoisotopic (exact) mass is 173 g/mol. The minimum Gasteiger partial charge on any atom is -0.316 e. The Kier molecular flexibility index (Phi) is 1.37. The summed E-state index contributed by atoms with van der Waals surface area (Å²) in [5, 5.41) is 3.49. The van der Waals surface area contributed by atoms with Crippen molar-refractivity contribution in [3.05, 3.63) is 35.4 Å². The fourth-order valence-electron chi connectivity index (χ4n) is 2.89. The van der Waals surface area contributed by atoms with Crippen molar-refractivity contribution in [3.8, 4) is 0 Å². The predicted molar refractivity (Wildman–Crippen MR) is 53.8 cm³/mol. The summed E-state index contributed by atoms with van der Waals surface area (Å²) in [6.07, 6.45) is 1.41. The SMILES string of the molecule is Cc1ccccc1[C@]12CNC[C@@H]1C2. The number of rotatable bonds is 1.